The lowest BCUT2D eigenvalue weighted by molar-refractivity contribution is 0.454. The van der Waals surface area contributed by atoms with Gasteiger partial charge >= 0.3 is 0 Å². The van der Waals surface area contributed by atoms with Crippen molar-refractivity contribution in [2.75, 3.05) is 0 Å². The van der Waals surface area contributed by atoms with Crippen LogP contribution in [0.15, 0.2) is 170 Å². The van der Waals surface area contributed by atoms with Crippen LogP contribution in [0.3, 0.4) is 0 Å². The van der Waals surface area contributed by atoms with Crippen molar-refractivity contribution in [2.24, 2.45) is 0 Å². The van der Waals surface area contributed by atoms with E-state index in [4.69, 9.17) is 28.0 Å². The summed E-state index contributed by atoms with van der Waals surface area (Å²) < 4.78 is 66.4. The van der Waals surface area contributed by atoms with E-state index in [1.165, 1.54) is 0 Å². The minimum absolute atomic E-state index is 0.136. The summed E-state index contributed by atoms with van der Waals surface area (Å²) >= 11 is 0. The molecule has 0 amide bonds. The van der Waals surface area contributed by atoms with Gasteiger partial charge in [-0.05, 0) is 110 Å². The molecule has 0 aliphatic carbocycles. The Morgan fingerprint density at radius 2 is 0.675 bits per heavy atom. The number of nitriles is 4. The summed E-state index contributed by atoms with van der Waals surface area (Å²) in [4.78, 5) is 0. The van der Waals surface area contributed by atoms with Crippen molar-refractivity contribution in [1.82, 2.24) is 0 Å². The predicted molar refractivity (Wildman–Crippen MR) is 294 cm³/mol. The van der Waals surface area contributed by atoms with Gasteiger partial charge in [0.1, 0.15) is 34.5 Å². The van der Waals surface area contributed by atoms with Crippen molar-refractivity contribution in [3.63, 3.8) is 0 Å². The van der Waals surface area contributed by atoms with E-state index in [9.17, 15) is 21.0 Å². The molecule has 380 valence electrons. The van der Waals surface area contributed by atoms with E-state index in [0.717, 1.165) is 33.4 Å². The summed E-state index contributed by atoms with van der Waals surface area (Å²) in [7, 11) is -7.39. The van der Waals surface area contributed by atoms with Crippen LogP contribution in [0.5, 0.6) is 34.5 Å². The third-order valence-electron chi connectivity index (χ3n) is 15.2. The van der Waals surface area contributed by atoms with Crippen LogP contribution in [0.25, 0.3) is 22.3 Å². The number of benzene rings is 8. The maximum absolute atomic E-state index is 15.6. The first-order chi connectivity index (χ1) is 37.0. The Kier molecular flexibility index (Phi) is 13.3. The summed E-state index contributed by atoms with van der Waals surface area (Å²) in [5, 5.41) is 38.4. The van der Waals surface area contributed by atoms with Gasteiger partial charge in [0.05, 0.1) is 20.9 Å². The highest BCUT2D eigenvalue weighted by atomic mass is 31.2. The largest absolute Gasteiger partial charge is 0.439 e. The molecule has 0 N–H and O–H groups in total. The van der Waals surface area contributed by atoms with Crippen LogP contribution in [-0.2, 0) is 37.7 Å². The lowest BCUT2D eigenvalue weighted by Gasteiger charge is -2.39. The summed E-state index contributed by atoms with van der Waals surface area (Å²) in [6.45, 7) is 11.6. The SMILES string of the molecule is CC(C)(c1ccc(OC#N)c(Cc2cc(C(C)(C)P3(=O)Oc4ccccc4-c4ccccc43)ccc2OC#N)c1)c1ccc(OC#N)c(Cc2cc(C(C)(C)P3(=O)Oc4ccccc4-c4ccccc43)ccc2OC#N)c1. The van der Waals surface area contributed by atoms with Crippen LogP contribution in [0.4, 0.5) is 0 Å². The Hall–Kier alpha value is -9.02. The maximum Gasteiger partial charge on any atom is 0.292 e. The Morgan fingerprint density at radius 3 is 1.01 bits per heavy atom. The molecule has 14 heteroatoms. The predicted octanol–water partition coefficient (Wildman–Crippen LogP) is 14.4. The minimum atomic E-state index is -3.70. The molecule has 0 aromatic heterocycles. The molecule has 12 nitrogen and oxygen atoms in total. The summed E-state index contributed by atoms with van der Waals surface area (Å²) in [6.07, 6.45) is 7.51. The van der Waals surface area contributed by atoms with Crippen molar-refractivity contribution in [1.29, 1.82) is 21.0 Å². The monoisotopic (exact) mass is 1050 g/mol. The van der Waals surface area contributed by atoms with E-state index >= 15 is 9.13 Å². The zero-order valence-electron chi connectivity index (χ0n) is 43.0. The van der Waals surface area contributed by atoms with Crippen LogP contribution in [0, 0.1) is 46.1 Å². The molecule has 2 aliphatic heterocycles. The number of nitrogens with zero attached hydrogens (tertiary/aromatic N) is 4. The third-order valence-corrected chi connectivity index (χ3v) is 21.6. The first-order valence-electron chi connectivity index (χ1n) is 24.7. The smallest absolute Gasteiger partial charge is 0.292 e. The van der Waals surface area contributed by atoms with Crippen LogP contribution in [0.2, 0.25) is 0 Å². The molecule has 0 fully saturated rings. The minimum Gasteiger partial charge on any atom is -0.439 e. The Balaban J connectivity index is 1.01. The average Bonchev–Trinajstić information content (AvgIpc) is 3.59. The molecule has 2 unspecified atom stereocenters. The highest BCUT2D eigenvalue weighted by Gasteiger charge is 2.51. The highest BCUT2D eigenvalue weighted by molar-refractivity contribution is 7.69. The number of rotatable bonds is 14. The fourth-order valence-electron chi connectivity index (χ4n) is 10.6. The standard InChI is InChI=1S/C63H50N4O8P2/c1-61(2,45-23-27-53(70-37-64)41(33-45)31-43-35-47(25-29-55(43)72-39-66)62(3,4)76(68)59-21-13-9-17-51(59)49-15-7-11-19-57(49)74-76)46-24-28-54(71-38-65)42(34-46)32-44-36-48(26-30-56(44)73-40-67)63(5,6)77(69)60-22-14-10-18-52(60)50-16-8-12-20-58(50)75-77/h7-30,33-36H,31-32H2,1-6H3. The second kappa shape index (κ2) is 19.9. The first-order valence-corrected chi connectivity index (χ1v) is 28.0. The number of para-hydroxylation sites is 2. The highest BCUT2D eigenvalue weighted by Crippen LogP contribution is 2.68. The quantitative estimate of drug-likeness (QED) is 0.0742. The number of hydrogen-bond donors (Lipinski definition) is 0. The van der Waals surface area contributed by atoms with Crippen molar-refractivity contribution in [2.45, 2.75) is 70.1 Å². The molecule has 0 bridgehead atoms. The van der Waals surface area contributed by atoms with Gasteiger partial charge in [-0.15, -0.1) is 21.0 Å². The van der Waals surface area contributed by atoms with Gasteiger partial charge in [-0.2, -0.15) is 0 Å². The van der Waals surface area contributed by atoms with Crippen molar-refractivity contribution in [3.05, 3.63) is 214 Å². The molecule has 0 saturated heterocycles. The molecular weight excluding hydrogens is 1000 g/mol. The zero-order valence-corrected chi connectivity index (χ0v) is 44.8. The summed E-state index contributed by atoms with van der Waals surface area (Å²) in [6, 6.07) is 52.0. The van der Waals surface area contributed by atoms with Gasteiger partial charge in [-0.25, -0.2) is 0 Å². The van der Waals surface area contributed by atoms with Crippen molar-refractivity contribution >= 4 is 25.3 Å². The normalized spacial score (nSPS) is 16.1. The molecule has 2 heterocycles. The van der Waals surface area contributed by atoms with E-state index in [2.05, 4.69) is 0 Å². The molecule has 2 aliphatic rings. The number of hydrogen-bond acceptors (Lipinski definition) is 12. The fourth-order valence-corrected chi connectivity index (χ4v) is 15.9. The van der Waals surface area contributed by atoms with Gasteiger partial charge < -0.3 is 28.0 Å². The first kappa shape index (κ1) is 51.5. The maximum atomic E-state index is 15.6. The molecule has 0 spiro atoms. The van der Waals surface area contributed by atoms with E-state index in [1.54, 1.807) is 48.9 Å². The van der Waals surface area contributed by atoms with E-state index in [1.807, 2.05) is 188 Å². The topological polar surface area (TPSA) is 185 Å². The summed E-state index contributed by atoms with van der Waals surface area (Å²) in [5.41, 5.74) is 7.96. The van der Waals surface area contributed by atoms with E-state index in [0.29, 0.717) is 55.5 Å². The van der Waals surface area contributed by atoms with Gasteiger partial charge in [-0.3, -0.25) is 9.13 Å². The van der Waals surface area contributed by atoms with E-state index in [-0.39, 0.29) is 35.8 Å². The average molecular weight is 1050 g/mol. The van der Waals surface area contributed by atoms with Crippen LogP contribution >= 0.6 is 14.7 Å². The second-order valence-corrected chi connectivity index (χ2v) is 26.2. The van der Waals surface area contributed by atoms with Crippen LogP contribution < -0.4 is 38.6 Å². The van der Waals surface area contributed by atoms with Gasteiger partial charge in [0.2, 0.25) is 0 Å². The van der Waals surface area contributed by atoms with Crippen LogP contribution in [0.1, 0.15) is 86.1 Å². The van der Waals surface area contributed by atoms with Gasteiger partial charge in [0.15, 0.2) is 0 Å². The molecule has 2 atom stereocenters. The van der Waals surface area contributed by atoms with Gasteiger partial charge in [0, 0.05) is 51.6 Å². The van der Waals surface area contributed by atoms with Gasteiger partial charge in [0.25, 0.3) is 39.8 Å². The van der Waals surface area contributed by atoms with Crippen LogP contribution in [-0.4, -0.2) is 0 Å². The third kappa shape index (κ3) is 8.83. The molecule has 8 aromatic carbocycles. The zero-order chi connectivity index (χ0) is 54.3. The molecule has 10 rings (SSSR count). The molecule has 8 aromatic rings. The Labute approximate surface area is 447 Å². The Bertz CT molecular complexity index is 3720. The molecule has 0 saturated carbocycles. The lowest BCUT2D eigenvalue weighted by Crippen LogP contribution is -2.31. The Morgan fingerprint density at radius 1 is 0.390 bits per heavy atom. The number of fused-ring (bicyclic) bond motifs is 6. The molecular formula is C63H50N4O8P2. The summed E-state index contributed by atoms with van der Waals surface area (Å²) in [5.74, 6) is 2.17. The molecule has 0 radical (unpaired) electrons. The van der Waals surface area contributed by atoms with Crippen molar-refractivity contribution < 1.29 is 37.1 Å². The number of ether oxygens (including phenoxy) is 4. The second-order valence-electron chi connectivity index (χ2n) is 20.5. The fraction of sp³-hybridized carbons (Fsp3) is 0.175. The molecule has 77 heavy (non-hydrogen) atoms. The van der Waals surface area contributed by atoms with E-state index < -0.39 is 30.5 Å². The van der Waals surface area contributed by atoms with Crippen molar-refractivity contribution in [3.8, 4) is 81.8 Å². The van der Waals surface area contributed by atoms with Gasteiger partial charge in [-0.1, -0.05) is 135 Å². The lowest BCUT2D eigenvalue weighted by atomic mass is 9.76.